The molecule has 13 nitrogen and oxygen atoms in total. The lowest BCUT2D eigenvalue weighted by molar-refractivity contribution is -0.142. The van der Waals surface area contributed by atoms with Crippen LogP contribution in [0.1, 0.15) is 37.9 Å². The maximum absolute atomic E-state index is 13.2. The molecule has 0 aliphatic rings. The molecule has 0 aliphatic heterocycles. The first-order chi connectivity index (χ1) is 18.0. The number of aromatic amines is 1. The van der Waals surface area contributed by atoms with E-state index in [0.29, 0.717) is 11.3 Å². The minimum absolute atomic E-state index is 0.0279. The van der Waals surface area contributed by atoms with Gasteiger partial charge in [0.05, 0.1) is 18.8 Å². The van der Waals surface area contributed by atoms with Crippen molar-refractivity contribution in [2.45, 2.75) is 63.7 Å². The van der Waals surface area contributed by atoms with E-state index in [2.05, 4.69) is 25.9 Å². The van der Waals surface area contributed by atoms with E-state index < -0.39 is 60.2 Å². The van der Waals surface area contributed by atoms with Gasteiger partial charge in [0.25, 0.3) is 0 Å². The van der Waals surface area contributed by atoms with E-state index in [1.807, 2.05) is 13.8 Å². The summed E-state index contributed by atoms with van der Waals surface area (Å²) in [7, 11) is 0. The average Bonchev–Trinajstić information content (AvgIpc) is 3.35. The largest absolute Gasteiger partial charge is 0.481 e. The summed E-state index contributed by atoms with van der Waals surface area (Å²) in [5.41, 5.74) is 6.84. The Labute approximate surface area is 219 Å². The monoisotopic (exact) mass is 530 g/mol. The third-order valence-electron chi connectivity index (χ3n) is 5.58. The zero-order valence-corrected chi connectivity index (χ0v) is 21.2. The number of hydrogen-bond donors (Lipinski definition) is 7. The topological polar surface area (TPSA) is 217 Å². The van der Waals surface area contributed by atoms with Crippen molar-refractivity contribution < 1.29 is 34.2 Å². The number of nitrogens with zero attached hydrogens (tertiary/aromatic N) is 1. The fourth-order valence-electron chi connectivity index (χ4n) is 3.68. The van der Waals surface area contributed by atoms with Crippen LogP contribution >= 0.6 is 0 Å². The van der Waals surface area contributed by atoms with Gasteiger partial charge in [-0.3, -0.25) is 19.2 Å². The van der Waals surface area contributed by atoms with E-state index in [4.69, 9.17) is 10.8 Å². The Morgan fingerprint density at radius 3 is 2.05 bits per heavy atom. The van der Waals surface area contributed by atoms with Crippen LogP contribution in [0.25, 0.3) is 0 Å². The molecule has 0 fully saturated rings. The zero-order valence-electron chi connectivity index (χ0n) is 21.2. The van der Waals surface area contributed by atoms with E-state index >= 15 is 0 Å². The number of carboxylic acids is 2. The van der Waals surface area contributed by atoms with Crippen molar-refractivity contribution in [1.82, 2.24) is 25.9 Å². The highest BCUT2D eigenvalue weighted by molar-refractivity contribution is 5.94. The van der Waals surface area contributed by atoms with Gasteiger partial charge < -0.3 is 36.9 Å². The number of carboxylic acid groups (broad SMARTS) is 2. The van der Waals surface area contributed by atoms with Gasteiger partial charge in [-0.15, -0.1) is 0 Å². The SMILES string of the molecule is CC(C)CC(NC(=O)C(N)CC(=O)O)C(=O)NC(Cc1cnc[nH]1)C(=O)NC(Cc1ccccc1)C(=O)O. The van der Waals surface area contributed by atoms with Gasteiger partial charge in [0, 0.05) is 24.7 Å². The lowest BCUT2D eigenvalue weighted by Gasteiger charge is -2.26. The molecule has 38 heavy (non-hydrogen) atoms. The highest BCUT2D eigenvalue weighted by Crippen LogP contribution is 2.09. The van der Waals surface area contributed by atoms with E-state index in [1.54, 1.807) is 30.3 Å². The molecule has 0 aliphatic carbocycles. The van der Waals surface area contributed by atoms with Gasteiger partial charge in [0.1, 0.15) is 18.1 Å². The molecular formula is C25H34N6O7. The maximum atomic E-state index is 13.2. The van der Waals surface area contributed by atoms with Crippen LogP contribution in [0, 0.1) is 5.92 Å². The molecule has 4 atom stereocenters. The second kappa shape index (κ2) is 14.5. The van der Waals surface area contributed by atoms with Gasteiger partial charge in [-0.25, -0.2) is 9.78 Å². The predicted molar refractivity (Wildman–Crippen MR) is 136 cm³/mol. The van der Waals surface area contributed by atoms with Crippen LogP contribution in [-0.4, -0.2) is 74.0 Å². The summed E-state index contributed by atoms with van der Waals surface area (Å²) in [6.07, 6.45) is 2.42. The minimum atomic E-state index is -1.37. The van der Waals surface area contributed by atoms with Gasteiger partial charge in [0.15, 0.2) is 0 Å². The number of aliphatic carboxylic acids is 2. The molecule has 0 bridgehead atoms. The number of carbonyl (C=O) groups excluding carboxylic acids is 3. The van der Waals surface area contributed by atoms with E-state index in [9.17, 15) is 29.1 Å². The zero-order chi connectivity index (χ0) is 28.2. The van der Waals surface area contributed by atoms with Crippen LogP contribution in [0.15, 0.2) is 42.9 Å². The van der Waals surface area contributed by atoms with Crippen LogP contribution in [0.3, 0.4) is 0 Å². The van der Waals surface area contributed by atoms with Crippen LogP contribution in [0.2, 0.25) is 0 Å². The Balaban J connectivity index is 2.20. The van der Waals surface area contributed by atoms with Gasteiger partial charge in [-0.1, -0.05) is 44.2 Å². The number of imidazole rings is 1. The first-order valence-corrected chi connectivity index (χ1v) is 12.1. The Morgan fingerprint density at radius 2 is 1.50 bits per heavy atom. The number of H-pyrrole nitrogens is 1. The lowest BCUT2D eigenvalue weighted by Crippen LogP contribution is -2.58. The third kappa shape index (κ3) is 10.0. The van der Waals surface area contributed by atoms with Gasteiger partial charge in [-0.05, 0) is 17.9 Å². The maximum Gasteiger partial charge on any atom is 0.326 e. The molecule has 8 N–H and O–H groups in total. The van der Waals surface area contributed by atoms with Crippen molar-refractivity contribution in [1.29, 1.82) is 0 Å². The number of nitrogens with one attached hydrogen (secondary N) is 4. The van der Waals surface area contributed by atoms with Crippen molar-refractivity contribution in [3.05, 3.63) is 54.1 Å². The second-order valence-corrected chi connectivity index (χ2v) is 9.33. The van der Waals surface area contributed by atoms with E-state index in [-0.39, 0.29) is 25.2 Å². The standard InChI is InChI=1S/C25H34N6O7/c1-14(2)8-18(29-22(34)17(26)11-21(32)33)23(35)30-19(10-16-12-27-13-28-16)24(36)31-20(25(37)38)9-15-6-4-3-5-7-15/h3-7,12-14,17-20H,8-11,26H2,1-2H3,(H,27,28)(H,29,34)(H,30,35)(H,31,36)(H,32,33)(H,37,38). The number of rotatable bonds is 15. The third-order valence-corrected chi connectivity index (χ3v) is 5.58. The highest BCUT2D eigenvalue weighted by Gasteiger charge is 2.31. The molecular weight excluding hydrogens is 496 g/mol. The first kappa shape index (κ1) is 30.0. The van der Waals surface area contributed by atoms with Crippen LogP contribution < -0.4 is 21.7 Å². The molecule has 2 rings (SSSR count). The number of nitrogens with two attached hydrogens (primary N) is 1. The fourth-order valence-corrected chi connectivity index (χ4v) is 3.68. The predicted octanol–water partition coefficient (Wildman–Crippen LogP) is -0.418. The van der Waals surface area contributed by atoms with Crippen LogP contribution in [0.4, 0.5) is 0 Å². The summed E-state index contributed by atoms with van der Waals surface area (Å²) in [4.78, 5) is 68.3. The molecule has 3 amide bonds. The molecule has 4 unspecified atom stereocenters. The molecule has 0 saturated carbocycles. The molecule has 0 radical (unpaired) electrons. The van der Waals surface area contributed by atoms with Crippen molar-refractivity contribution in [3.8, 4) is 0 Å². The number of carbonyl (C=O) groups is 5. The average molecular weight is 531 g/mol. The summed E-state index contributed by atoms with van der Waals surface area (Å²) in [5.74, 6) is -4.83. The number of hydrogen-bond acceptors (Lipinski definition) is 7. The Hall–Kier alpha value is -4.26. The van der Waals surface area contributed by atoms with Crippen LogP contribution in [0.5, 0.6) is 0 Å². The highest BCUT2D eigenvalue weighted by atomic mass is 16.4. The van der Waals surface area contributed by atoms with Gasteiger partial charge >= 0.3 is 11.9 Å². The number of benzene rings is 1. The molecule has 0 spiro atoms. The normalized spacial score (nSPS) is 14.1. The van der Waals surface area contributed by atoms with E-state index in [1.165, 1.54) is 12.5 Å². The second-order valence-electron chi connectivity index (χ2n) is 9.33. The Morgan fingerprint density at radius 1 is 0.895 bits per heavy atom. The Kier molecular flexibility index (Phi) is 11.4. The smallest absolute Gasteiger partial charge is 0.326 e. The van der Waals surface area contributed by atoms with Crippen molar-refractivity contribution >= 4 is 29.7 Å². The molecule has 1 aromatic heterocycles. The minimum Gasteiger partial charge on any atom is -0.481 e. The lowest BCUT2D eigenvalue weighted by atomic mass is 10.0. The molecule has 1 aromatic carbocycles. The quantitative estimate of drug-likeness (QED) is 0.159. The van der Waals surface area contributed by atoms with Gasteiger partial charge in [-0.2, -0.15) is 0 Å². The number of amides is 3. The van der Waals surface area contributed by atoms with Crippen LogP contribution in [-0.2, 0) is 36.8 Å². The summed E-state index contributed by atoms with van der Waals surface area (Å²) in [6.45, 7) is 3.64. The first-order valence-electron chi connectivity index (χ1n) is 12.1. The molecule has 0 saturated heterocycles. The van der Waals surface area contributed by atoms with Crippen molar-refractivity contribution in [2.24, 2.45) is 11.7 Å². The Bertz CT molecular complexity index is 1090. The summed E-state index contributed by atoms with van der Waals surface area (Å²) >= 11 is 0. The number of aromatic nitrogens is 2. The van der Waals surface area contributed by atoms with Crippen molar-refractivity contribution in [2.75, 3.05) is 0 Å². The summed E-state index contributed by atoms with van der Waals surface area (Å²) in [6, 6.07) is 3.82. The van der Waals surface area contributed by atoms with Gasteiger partial charge in [0.2, 0.25) is 17.7 Å². The molecule has 2 aromatic rings. The molecule has 13 heteroatoms. The van der Waals surface area contributed by atoms with Crippen molar-refractivity contribution in [3.63, 3.8) is 0 Å². The fraction of sp³-hybridized carbons (Fsp3) is 0.440. The van der Waals surface area contributed by atoms with E-state index in [0.717, 1.165) is 0 Å². The summed E-state index contributed by atoms with van der Waals surface area (Å²) < 4.78 is 0. The molecule has 206 valence electrons. The summed E-state index contributed by atoms with van der Waals surface area (Å²) in [5, 5.41) is 26.1. The molecule has 1 heterocycles.